The van der Waals surface area contributed by atoms with Crippen LogP contribution in [-0.2, 0) is 0 Å². The summed E-state index contributed by atoms with van der Waals surface area (Å²) in [4.78, 5) is 19.9. The molecule has 1 aliphatic heterocycles. The van der Waals surface area contributed by atoms with Crippen molar-refractivity contribution < 1.29 is 15.0 Å². The molecule has 2 rings (SSSR count). The van der Waals surface area contributed by atoms with Gasteiger partial charge >= 0.3 is 0 Å². The van der Waals surface area contributed by atoms with E-state index in [1.165, 1.54) is 0 Å². The zero-order chi connectivity index (χ0) is 14.7. The number of rotatable bonds is 4. The minimum Gasteiger partial charge on any atom is -0.389 e. The van der Waals surface area contributed by atoms with Crippen LogP contribution in [-0.4, -0.2) is 64.4 Å². The van der Waals surface area contributed by atoms with Crippen molar-refractivity contribution in [3.05, 3.63) is 24.0 Å². The van der Waals surface area contributed by atoms with E-state index in [1.807, 2.05) is 18.7 Å². The maximum atomic E-state index is 12.2. The first-order chi connectivity index (χ1) is 9.56. The van der Waals surface area contributed by atoms with Crippen molar-refractivity contribution in [3.8, 4) is 0 Å². The molecule has 2 N–H and O–H groups in total. The fraction of sp³-hybridized carbons (Fsp3) is 0.571. The van der Waals surface area contributed by atoms with Crippen LogP contribution in [0.25, 0.3) is 0 Å². The normalized spacial score (nSPS) is 22.1. The summed E-state index contributed by atoms with van der Waals surface area (Å²) in [5, 5.41) is 19.2. The molecule has 1 aliphatic rings. The first-order valence-electron chi connectivity index (χ1n) is 6.93. The van der Waals surface area contributed by atoms with Gasteiger partial charge in [0, 0.05) is 38.1 Å². The minimum atomic E-state index is -0.745. The quantitative estimate of drug-likeness (QED) is 0.818. The number of aliphatic hydroxyl groups excluding tert-OH is 2. The first kappa shape index (κ1) is 14.7. The van der Waals surface area contributed by atoms with Crippen LogP contribution < -0.4 is 4.90 Å². The van der Waals surface area contributed by atoms with Gasteiger partial charge in [0.25, 0.3) is 5.91 Å². The molecule has 1 fully saturated rings. The number of pyridine rings is 1. The van der Waals surface area contributed by atoms with Gasteiger partial charge in [-0.2, -0.15) is 0 Å². The predicted molar refractivity (Wildman–Crippen MR) is 75.7 cm³/mol. The second kappa shape index (κ2) is 6.19. The lowest BCUT2D eigenvalue weighted by Crippen LogP contribution is -2.31. The van der Waals surface area contributed by atoms with Gasteiger partial charge in [-0.05, 0) is 26.0 Å². The van der Waals surface area contributed by atoms with Crippen molar-refractivity contribution in [2.45, 2.75) is 26.1 Å². The van der Waals surface area contributed by atoms with Gasteiger partial charge in [-0.15, -0.1) is 0 Å². The van der Waals surface area contributed by atoms with Gasteiger partial charge in [0.2, 0.25) is 0 Å². The fourth-order valence-electron chi connectivity index (χ4n) is 2.39. The Kier molecular flexibility index (Phi) is 4.57. The van der Waals surface area contributed by atoms with Gasteiger partial charge in [0.05, 0.1) is 12.2 Å². The third-order valence-corrected chi connectivity index (χ3v) is 3.64. The van der Waals surface area contributed by atoms with E-state index < -0.39 is 12.2 Å². The van der Waals surface area contributed by atoms with E-state index in [1.54, 1.807) is 23.2 Å². The first-order valence-corrected chi connectivity index (χ1v) is 6.93. The Bertz CT molecular complexity index is 466. The number of hydrogen-bond acceptors (Lipinski definition) is 5. The summed E-state index contributed by atoms with van der Waals surface area (Å²) in [6.07, 6.45) is 0.0959. The number of β-amino-alcohol motifs (C(OH)–C–C–N with tert-alkyl or cyclic N) is 2. The maximum Gasteiger partial charge on any atom is 0.272 e. The highest BCUT2D eigenvalue weighted by molar-refractivity contribution is 5.93. The van der Waals surface area contributed by atoms with Gasteiger partial charge in [-0.25, -0.2) is 0 Å². The van der Waals surface area contributed by atoms with Gasteiger partial charge in [-0.3, -0.25) is 9.78 Å². The number of amides is 1. The van der Waals surface area contributed by atoms with Crippen LogP contribution in [0.15, 0.2) is 18.3 Å². The van der Waals surface area contributed by atoms with Crippen molar-refractivity contribution in [2.24, 2.45) is 0 Å². The molecule has 1 amide bonds. The number of aromatic nitrogens is 1. The molecule has 2 heterocycles. The molecular formula is C14H21N3O3. The average Bonchev–Trinajstić information content (AvgIpc) is 2.80. The van der Waals surface area contributed by atoms with Gasteiger partial charge in [0.1, 0.15) is 5.69 Å². The van der Waals surface area contributed by atoms with Gasteiger partial charge < -0.3 is 20.0 Å². The summed E-state index contributed by atoms with van der Waals surface area (Å²) < 4.78 is 0. The lowest BCUT2D eigenvalue weighted by molar-refractivity contribution is 0.0572. The van der Waals surface area contributed by atoms with Gasteiger partial charge in [0.15, 0.2) is 0 Å². The summed E-state index contributed by atoms with van der Waals surface area (Å²) in [6, 6.07) is 3.50. The lowest BCUT2D eigenvalue weighted by atomic mass is 10.2. The van der Waals surface area contributed by atoms with Crippen LogP contribution in [0.2, 0.25) is 0 Å². The molecule has 2 unspecified atom stereocenters. The number of hydrogen-bond donors (Lipinski definition) is 2. The van der Waals surface area contributed by atoms with Crippen LogP contribution in [0, 0.1) is 0 Å². The summed E-state index contributed by atoms with van der Waals surface area (Å²) >= 11 is 0. The zero-order valence-electron chi connectivity index (χ0n) is 11.9. The Labute approximate surface area is 118 Å². The molecule has 0 spiro atoms. The van der Waals surface area contributed by atoms with E-state index in [2.05, 4.69) is 4.98 Å². The Morgan fingerprint density at radius 2 is 1.95 bits per heavy atom. The highest BCUT2D eigenvalue weighted by Crippen LogP contribution is 2.21. The number of carbonyl (C=O) groups excluding carboxylic acids is 1. The Morgan fingerprint density at radius 3 is 2.50 bits per heavy atom. The minimum absolute atomic E-state index is 0.0999. The number of nitrogens with zero attached hydrogens (tertiary/aromatic N) is 3. The van der Waals surface area contributed by atoms with Gasteiger partial charge in [-0.1, -0.05) is 0 Å². The summed E-state index contributed by atoms with van der Waals surface area (Å²) in [5.41, 5.74) is 1.19. The van der Waals surface area contributed by atoms with Crippen molar-refractivity contribution in [2.75, 3.05) is 31.1 Å². The summed E-state index contributed by atoms with van der Waals surface area (Å²) in [7, 11) is 0. The molecule has 0 aliphatic carbocycles. The third-order valence-electron chi connectivity index (χ3n) is 3.64. The summed E-state index contributed by atoms with van der Waals surface area (Å²) in [5.74, 6) is -0.0999. The molecule has 20 heavy (non-hydrogen) atoms. The molecule has 6 heteroatoms. The van der Waals surface area contributed by atoms with Crippen molar-refractivity contribution in [1.29, 1.82) is 0 Å². The smallest absolute Gasteiger partial charge is 0.272 e. The molecule has 110 valence electrons. The number of aliphatic hydroxyl groups is 2. The third kappa shape index (κ3) is 2.91. The molecule has 1 aromatic rings. The summed E-state index contributed by atoms with van der Waals surface area (Å²) in [6.45, 7) is 5.87. The van der Waals surface area contributed by atoms with Crippen molar-refractivity contribution in [3.63, 3.8) is 0 Å². The average molecular weight is 279 g/mol. The Balaban J connectivity index is 2.18. The molecule has 0 saturated carbocycles. The van der Waals surface area contributed by atoms with E-state index in [-0.39, 0.29) is 5.91 Å². The second-order valence-corrected chi connectivity index (χ2v) is 4.92. The monoisotopic (exact) mass is 279 g/mol. The van der Waals surface area contributed by atoms with E-state index in [9.17, 15) is 15.0 Å². The zero-order valence-corrected chi connectivity index (χ0v) is 11.9. The van der Waals surface area contributed by atoms with Crippen LogP contribution in [0.1, 0.15) is 24.3 Å². The van der Waals surface area contributed by atoms with Crippen molar-refractivity contribution >= 4 is 11.6 Å². The van der Waals surface area contributed by atoms with Crippen molar-refractivity contribution in [1.82, 2.24) is 9.88 Å². The molecule has 0 aromatic carbocycles. The number of anilines is 1. The molecule has 1 aromatic heterocycles. The molecule has 0 radical (unpaired) electrons. The van der Waals surface area contributed by atoms with E-state index in [0.29, 0.717) is 31.9 Å². The molecular weight excluding hydrogens is 258 g/mol. The molecule has 6 nitrogen and oxygen atoms in total. The van der Waals surface area contributed by atoms with Crippen LogP contribution in [0.4, 0.5) is 5.69 Å². The predicted octanol–water partition coefficient (Wildman–Crippen LogP) is 0.105. The Morgan fingerprint density at radius 1 is 1.35 bits per heavy atom. The van der Waals surface area contributed by atoms with Crippen LogP contribution in [0.5, 0.6) is 0 Å². The molecule has 1 saturated heterocycles. The standard InChI is InChI=1S/C14H21N3O3/c1-3-16(4-2)14(20)11-7-10(5-6-15-11)17-8-12(18)13(19)9-17/h5-7,12-13,18-19H,3-4,8-9H2,1-2H3. The van der Waals surface area contributed by atoms with Crippen LogP contribution >= 0.6 is 0 Å². The molecule has 2 atom stereocenters. The van der Waals surface area contributed by atoms with E-state index in [0.717, 1.165) is 5.69 Å². The van der Waals surface area contributed by atoms with E-state index >= 15 is 0 Å². The second-order valence-electron chi connectivity index (χ2n) is 4.92. The molecule has 0 bridgehead atoms. The lowest BCUT2D eigenvalue weighted by Gasteiger charge is -2.21. The number of carbonyl (C=O) groups is 1. The highest BCUT2D eigenvalue weighted by Gasteiger charge is 2.30. The SMILES string of the molecule is CCN(CC)C(=O)c1cc(N2CC(O)C(O)C2)ccn1. The fourth-order valence-corrected chi connectivity index (χ4v) is 2.39. The largest absolute Gasteiger partial charge is 0.389 e. The van der Waals surface area contributed by atoms with Crippen LogP contribution in [0.3, 0.4) is 0 Å². The van der Waals surface area contributed by atoms with E-state index in [4.69, 9.17) is 0 Å². The topological polar surface area (TPSA) is 76.9 Å². The maximum absolute atomic E-state index is 12.2. The Hall–Kier alpha value is -1.66. The highest BCUT2D eigenvalue weighted by atomic mass is 16.3.